The van der Waals surface area contributed by atoms with Crippen LogP contribution in [-0.2, 0) is 14.4 Å². The normalized spacial score (nSPS) is 49.1. The van der Waals surface area contributed by atoms with Crippen molar-refractivity contribution in [3.63, 3.8) is 0 Å². The van der Waals surface area contributed by atoms with Crippen LogP contribution in [0.1, 0.15) is 106 Å². The zero-order valence-electron chi connectivity index (χ0n) is 22.5. The van der Waals surface area contributed by atoms with E-state index < -0.39 is 5.41 Å². The van der Waals surface area contributed by atoms with Crippen molar-refractivity contribution in [1.29, 1.82) is 0 Å². The minimum atomic E-state index is -0.544. The Hall–Kier alpha value is -1.45. The van der Waals surface area contributed by atoms with Gasteiger partial charge in [-0.2, -0.15) is 0 Å². The van der Waals surface area contributed by atoms with Gasteiger partial charge in [-0.3, -0.25) is 14.4 Å². The fourth-order valence-corrected chi connectivity index (χ4v) is 10.2. The highest BCUT2D eigenvalue weighted by atomic mass is 16.1. The maximum atomic E-state index is 14.2. The van der Waals surface area contributed by atoms with Gasteiger partial charge in [0, 0.05) is 17.8 Å². The third-order valence-corrected chi connectivity index (χ3v) is 12.6. The van der Waals surface area contributed by atoms with E-state index >= 15 is 0 Å². The Morgan fingerprint density at radius 2 is 1.56 bits per heavy atom. The molecule has 4 heteroatoms. The number of nitrogens with two attached hydrogens (primary N) is 1. The van der Waals surface area contributed by atoms with Crippen LogP contribution >= 0.6 is 0 Å². The van der Waals surface area contributed by atoms with Crippen LogP contribution in [0.4, 0.5) is 0 Å². The molecule has 34 heavy (non-hydrogen) atoms. The molecule has 5 rings (SSSR count). The molecule has 0 saturated heterocycles. The molecule has 0 radical (unpaired) electrons. The van der Waals surface area contributed by atoms with Gasteiger partial charge in [-0.1, -0.05) is 54.0 Å². The van der Waals surface area contributed by atoms with Crippen molar-refractivity contribution in [2.45, 2.75) is 106 Å². The lowest BCUT2D eigenvalue weighted by Gasteiger charge is -2.69. The lowest BCUT2D eigenvalue weighted by atomic mass is 9.34. The van der Waals surface area contributed by atoms with Crippen LogP contribution in [0.25, 0.3) is 0 Å². The first-order valence-corrected chi connectivity index (χ1v) is 13.7. The van der Waals surface area contributed by atoms with Crippen LogP contribution in [-0.4, -0.2) is 17.5 Å². The van der Waals surface area contributed by atoms with Gasteiger partial charge in [0.2, 0.25) is 5.91 Å². The van der Waals surface area contributed by atoms with Gasteiger partial charge in [-0.15, -0.1) is 0 Å². The molecule has 5 aliphatic rings. The minimum absolute atomic E-state index is 0.0181. The number of hydrogen-bond donors (Lipinski definition) is 1. The molecule has 4 saturated carbocycles. The summed E-state index contributed by atoms with van der Waals surface area (Å²) in [5.74, 6) is 0.546. The zero-order valence-corrected chi connectivity index (χ0v) is 22.5. The fourth-order valence-electron chi connectivity index (χ4n) is 10.2. The molecular weight excluding hydrogens is 422 g/mol. The van der Waals surface area contributed by atoms with Gasteiger partial charge in [0.05, 0.1) is 5.41 Å². The fraction of sp³-hybridized carbons (Fsp3) is 0.833. The first kappa shape index (κ1) is 24.3. The molecule has 0 spiro atoms. The molecular formula is C30H45NO3. The first-order valence-electron chi connectivity index (χ1n) is 13.7. The van der Waals surface area contributed by atoms with Gasteiger partial charge in [-0.25, -0.2) is 0 Å². The Bertz CT molecular complexity index is 1010. The van der Waals surface area contributed by atoms with Crippen LogP contribution in [0, 0.1) is 50.2 Å². The Balaban J connectivity index is 1.66. The molecule has 2 N–H and O–H groups in total. The number of primary amides is 1. The summed E-state index contributed by atoms with van der Waals surface area (Å²) in [5.41, 5.74) is 6.24. The molecule has 4 nitrogen and oxygen atoms in total. The molecule has 0 aliphatic heterocycles. The van der Waals surface area contributed by atoms with Crippen molar-refractivity contribution in [3.05, 3.63) is 11.6 Å². The monoisotopic (exact) mass is 467 g/mol. The van der Waals surface area contributed by atoms with E-state index in [1.807, 2.05) is 6.08 Å². The van der Waals surface area contributed by atoms with Gasteiger partial charge in [-0.05, 0) is 90.9 Å². The predicted octanol–water partition coefficient (Wildman–Crippen LogP) is 6.02. The van der Waals surface area contributed by atoms with E-state index in [0.717, 1.165) is 51.4 Å². The maximum absolute atomic E-state index is 14.2. The zero-order chi connectivity index (χ0) is 25.1. The molecule has 0 aromatic carbocycles. The summed E-state index contributed by atoms with van der Waals surface area (Å²) in [6, 6.07) is 0. The van der Waals surface area contributed by atoms with Gasteiger partial charge in [0.25, 0.3) is 0 Å². The number of hydrogen-bond acceptors (Lipinski definition) is 3. The Morgan fingerprint density at radius 1 is 0.912 bits per heavy atom. The van der Waals surface area contributed by atoms with Crippen molar-refractivity contribution < 1.29 is 14.4 Å². The second-order valence-corrected chi connectivity index (χ2v) is 14.8. The third kappa shape index (κ3) is 2.75. The number of amides is 1. The van der Waals surface area contributed by atoms with Crippen LogP contribution in [0.2, 0.25) is 0 Å². The average molecular weight is 468 g/mol. The molecule has 0 bridgehead atoms. The lowest BCUT2D eigenvalue weighted by Crippen LogP contribution is -2.66. The van der Waals surface area contributed by atoms with E-state index in [-0.39, 0.29) is 56.5 Å². The number of fused-ring (bicyclic) bond motifs is 7. The van der Waals surface area contributed by atoms with E-state index in [2.05, 4.69) is 48.5 Å². The van der Waals surface area contributed by atoms with Crippen LogP contribution in [0.3, 0.4) is 0 Å². The highest BCUT2D eigenvalue weighted by Gasteiger charge is 2.70. The highest BCUT2D eigenvalue weighted by molar-refractivity contribution is 5.97. The van der Waals surface area contributed by atoms with E-state index in [1.165, 1.54) is 5.57 Å². The molecule has 4 fully saturated rings. The van der Waals surface area contributed by atoms with Gasteiger partial charge in [0.15, 0.2) is 5.78 Å². The van der Waals surface area contributed by atoms with Gasteiger partial charge < -0.3 is 5.73 Å². The van der Waals surface area contributed by atoms with Crippen molar-refractivity contribution >= 4 is 17.5 Å². The highest BCUT2D eigenvalue weighted by Crippen LogP contribution is 2.74. The third-order valence-electron chi connectivity index (χ3n) is 12.6. The van der Waals surface area contributed by atoms with E-state index in [1.54, 1.807) is 0 Å². The molecule has 0 aromatic rings. The average Bonchev–Trinajstić information content (AvgIpc) is 2.72. The number of rotatable bonds is 1. The summed E-state index contributed by atoms with van der Waals surface area (Å²) in [4.78, 5) is 40.1. The van der Waals surface area contributed by atoms with E-state index in [4.69, 9.17) is 5.73 Å². The quantitative estimate of drug-likeness (QED) is 0.512. The second-order valence-electron chi connectivity index (χ2n) is 14.8. The molecule has 188 valence electrons. The van der Waals surface area contributed by atoms with Crippen LogP contribution in [0.5, 0.6) is 0 Å². The lowest BCUT2D eigenvalue weighted by molar-refractivity contribution is -0.179. The topological polar surface area (TPSA) is 77.2 Å². The number of ketones is 2. The smallest absolute Gasteiger partial charge is 0.223 e. The van der Waals surface area contributed by atoms with Crippen LogP contribution < -0.4 is 5.73 Å². The summed E-state index contributed by atoms with van der Waals surface area (Å²) < 4.78 is 0. The van der Waals surface area contributed by atoms with Crippen LogP contribution in [0.15, 0.2) is 11.6 Å². The number of Topliss-reactive ketones (excluding diaryl/α,β-unsaturated/α-hetero) is 1. The van der Waals surface area contributed by atoms with Crippen molar-refractivity contribution in [2.75, 3.05) is 0 Å². The molecule has 0 heterocycles. The Morgan fingerprint density at radius 3 is 2.21 bits per heavy atom. The molecule has 5 aliphatic carbocycles. The van der Waals surface area contributed by atoms with Gasteiger partial charge in [0.1, 0.15) is 5.78 Å². The molecule has 7 atom stereocenters. The number of carbonyl (C=O) groups is 3. The van der Waals surface area contributed by atoms with Gasteiger partial charge >= 0.3 is 0 Å². The second kappa shape index (κ2) is 6.85. The maximum Gasteiger partial charge on any atom is 0.223 e. The number of carbonyl (C=O) groups excluding carboxylic acids is 3. The Kier molecular flexibility index (Phi) is 4.89. The standard InChI is InChI=1S/C30H45NO3/c1-25(2)12-14-30(24(31)34)15-13-29(7)23(18(30)17-25)19(32)16-21-27(5)10-9-22(33)26(3,4)20(27)8-11-28(21,29)6/h16,18,20,23H,8-15,17H2,1-7H3,(H2,31,34)/t18-,20-,23-,27-,28+,29+,30-/m0/s1. The minimum Gasteiger partial charge on any atom is -0.369 e. The summed E-state index contributed by atoms with van der Waals surface area (Å²) in [5, 5.41) is 0. The first-order chi connectivity index (χ1) is 15.6. The summed E-state index contributed by atoms with van der Waals surface area (Å²) in [6.07, 6.45) is 9.86. The summed E-state index contributed by atoms with van der Waals surface area (Å²) in [6.45, 7) is 15.9. The van der Waals surface area contributed by atoms with Crippen molar-refractivity contribution in [2.24, 2.45) is 56.0 Å². The summed E-state index contributed by atoms with van der Waals surface area (Å²) >= 11 is 0. The van der Waals surface area contributed by atoms with Crippen molar-refractivity contribution in [3.8, 4) is 0 Å². The Labute approximate surface area is 205 Å². The molecule has 0 aromatic heterocycles. The molecule has 0 unspecified atom stereocenters. The number of allylic oxidation sites excluding steroid dienone is 2. The SMILES string of the molecule is CC1(C)CC[C@]2(C(N)=O)CC[C@]3(C)[C@H](C(=O)C=C4[C@@]5(C)CCC(=O)C(C)(C)[C@@H]5CC[C@]43C)[C@@H]2C1. The summed E-state index contributed by atoms with van der Waals surface area (Å²) in [7, 11) is 0. The predicted molar refractivity (Wildman–Crippen MR) is 134 cm³/mol. The largest absolute Gasteiger partial charge is 0.369 e. The van der Waals surface area contributed by atoms with Crippen molar-refractivity contribution in [1.82, 2.24) is 0 Å². The van der Waals surface area contributed by atoms with E-state index in [0.29, 0.717) is 12.2 Å². The van der Waals surface area contributed by atoms with E-state index in [9.17, 15) is 14.4 Å². The molecule has 1 amide bonds.